The predicted octanol–water partition coefficient (Wildman–Crippen LogP) is 23.8. The van der Waals surface area contributed by atoms with Gasteiger partial charge in [-0.3, -0.25) is 32.1 Å². The molecule has 33 heteroatoms. The van der Waals surface area contributed by atoms with E-state index in [0.717, 1.165) is 23.8 Å². The number of para-hydroxylation sites is 1. The largest absolute Gasteiger partial charge is 0.497 e. The van der Waals surface area contributed by atoms with Gasteiger partial charge in [-0.25, -0.2) is 16.8 Å². The number of benzene rings is 12. The third kappa shape index (κ3) is 169. The number of sulfone groups is 2. The number of fused-ring (bicyclic) bond motifs is 2. The van der Waals surface area contributed by atoms with Gasteiger partial charge in [0.25, 0.3) is 60.7 Å². The monoisotopic (exact) mass is 2010 g/mol. The highest BCUT2D eigenvalue weighted by molar-refractivity contribution is 7.90. The molecule has 0 aromatic heterocycles. The molecule has 133 heavy (non-hydrogen) atoms. The minimum Gasteiger partial charge on any atom is -0.497 e. The molecule has 25 nitrogen and oxygen atoms in total. The summed E-state index contributed by atoms with van der Waals surface area (Å²) in [6, 6.07) is 112. The van der Waals surface area contributed by atoms with Crippen molar-refractivity contribution in [1.29, 1.82) is 0 Å². The zero-order valence-corrected chi connectivity index (χ0v) is 89.6. The van der Waals surface area contributed by atoms with Gasteiger partial charge in [-0.1, -0.05) is 426 Å². The van der Waals surface area contributed by atoms with Crippen molar-refractivity contribution in [1.82, 2.24) is 0 Å². The molecule has 12 aromatic rings. The van der Waals surface area contributed by atoms with Crippen LogP contribution in [0.3, 0.4) is 0 Å². The number of hydrogen-bond acceptors (Lipinski definition) is 19. The summed E-state index contributed by atoms with van der Waals surface area (Å²) in [5, 5.41) is 5.24. The van der Waals surface area contributed by atoms with Gasteiger partial charge >= 0.3 is 0 Å². The van der Waals surface area contributed by atoms with E-state index in [2.05, 4.69) is 192 Å². The van der Waals surface area contributed by atoms with Crippen LogP contribution in [-0.4, -0.2) is 170 Å². The first-order chi connectivity index (χ1) is 61.5. The fourth-order valence-electron chi connectivity index (χ4n) is 6.83. The molecule has 0 unspecified atom stereocenters. The SMILES string of the molecule is CC.CC.CC.CC.CC.CC.CC(=O)c1ccccc1.CC(C)=O.COc1ccccc1.CS(=O)(=O)O.CS(=O)(=O)O.CS(=O)(=O)O.CS(=O)(=O)O.CS(=O)(=O)O.CS(=O)(=O)O.CS(=O)(=O)c1ccccc1.CS(C)(=O)=O.Cc1ccccc1.Cc1ccccc1.Cc1ccccc1.Cc1ccccc1.Cc1ccccc1.c1ccc2ccccc2c1.c1ccc2ccccc2c1. The van der Waals surface area contributed by atoms with Crippen LogP contribution < -0.4 is 4.74 Å². The van der Waals surface area contributed by atoms with Gasteiger partial charge in [-0.05, 0) is 101 Å². The molecule has 0 saturated heterocycles. The Hall–Kier alpha value is -10.3. The lowest BCUT2D eigenvalue weighted by Gasteiger charge is -1.93. The first kappa shape index (κ1) is 148. The van der Waals surface area contributed by atoms with E-state index < -0.39 is 80.4 Å². The number of aryl methyl sites for hydroxylation is 5. The molecule has 0 aliphatic heterocycles. The smallest absolute Gasteiger partial charge is 0.261 e. The number of Topliss-reactive ketones (excluding diaryl/α,β-unsaturated/α-hetero) is 2. The van der Waals surface area contributed by atoms with Crippen LogP contribution in [0.4, 0.5) is 0 Å². The van der Waals surface area contributed by atoms with E-state index in [-0.39, 0.29) is 11.6 Å². The minimum atomic E-state index is -3.67. The van der Waals surface area contributed by atoms with E-state index in [0.29, 0.717) is 42.4 Å². The van der Waals surface area contributed by atoms with Crippen LogP contribution in [0.1, 0.15) is 142 Å². The van der Waals surface area contributed by atoms with Crippen molar-refractivity contribution in [3.63, 3.8) is 0 Å². The number of carbonyl (C=O) groups is 2. The number of ether oxygens (including phenoxy) is 1. The van der Waals surface area contributed by atoms with Crippen LogP contribution in [-0.2, 0) is 85.2 Å². The summed E-state index contributed by atoms with van der Waals surface area (Å²) in [7, 11) is -26.0. The van der Waals surface area contributed by atoms with Crippen molar-refractivity contribution >= 4 is 113 Å². The van der Waals surface area contributed by atoms with Crippen molar-refractivity contribution in [2.24, 2.45) is 0 Å². The van der Waals surface area contributed by atoms with Gasteiger partial charge in [0.2, 0.25) is 0 Å². The Morgan fingerprint density at radius 3 is 0.414 bits per heavy atom. The Kier molecular flexibility index (Phi) is 106. The molecule has 0 aliphatic carbocycles. The number of rotatable bonds is 3. The zero-order chi connectivity index (χ0) is 106. The molecule has 6 N–H and O–H groups in total. The summed E-state index contributed by atoms with van der Waals surface area (Å²) in [6.07, 6.45) is 7.81. The molecule has 0 spiro atoms. The second-order valence-corrected chi connectivity index (χ2v) is 38.0. The highest BCUT2D eigenvalue weighted by Gasteiger charge is 2.03. The second kappa shape index (κ2) is 94.8. The Bertz CT molecular complexity index is 4850. The molecule has 0 fully saturated rings. The quantitative estimate of drug-likeness (QED) is 0.0706. The van der Waals surface area contributed by atoms with E-state index in [1.807, 2.05) is 235 Å². The first-order valence-electron chi connectivity index (χ1n) is 41.0. The molecule has 0 saturated carbocycles. The third-order valence-corrected chi connectivity index (χ3v) is 12.5. The minimum absolute atomic E-state index is 0.121. The van der Waals surface area contributed by atoms with Gasteiger partial charge in [-0.2, -0.15) is 50.5 Å². The predicted molar refractivity (Wildman–Crippen MR) is 563 cm³/mol. The van der Waals surface area contributed by atoms with Gasteiger partial charge < -0.3 is 9.53 Å². The maximum absolute atomic E-state index is 10.8. The molecule has 0 heterocycles. The fourth-order valence-corrected chi connectivity index (χ4v) is 7.49. The summed E-state index contributed by atoms with van der Waals surface area (Å²) in [5.41, 5.74) is 7.38. The van der Waals surface area contributed by atoms with Crippen molar-refractivity contribution in [3.8, 4) is 5.75 Å². The van der Waals surface area contributed by atoms with Gasteiger partial charge in [0, 0.05) is 24.3 Å². The van der Waals surface area contributed by atoms with Crippen molar-refractivity contribution in [3.05, 3.63) is 373 Å². The van der Waals surface area contributed by atoms with Crippen LogP contribution in [0.5, 0.6) is 5.75 Å². The molecule has 750 valence electrons. The van der Waals surface area contributed by atoms with Crippen LogP contribution in [0.25, 0.3) is 21.5 Å². The maximum Gasteiger partial charge on any atom is 0.261 e. The number of carbonyl (C=O) groups excluding carboxylic acids is 2. The summed E-state index contributed by atoms with van der Waals surface area (Å²) < 4.78 is 201. The number of ketones is 2. The summed E-state index contributed by atoms with van der Waals surface area (Å²) >= 11 is 0. The number of methoxy groups -OCH3 is 1. The number of hydrogen-bond donors (Lipinski definition) is 6. The fraction of sp³-hybridized carbons (Fsp3) is 0.300. The molecule has 0 atom stereocenters. The molecule has 12 rings (SSSR count). The molecule has 0 amide bonds. The van der Waals surface area contributed by atoms with Crippen LogP contribution >= 0.6 is 0 Å². The summed E-state index contributed by atoms with van der Waals surface area (Å²) in [4.78, 5) is 20.5. The van der Waals surface area contributed by atoms with Crippen LogP contribution in [0, 0.1) is 34.6 Å². The van der Waals surface area contributed by atoms with Crippen molar-refractivity contribution < 1.29 is 109 Å². The van der Waals surface area contributed by atoms with Gasteiger partial charge in [0.1, 0.15) is 21.4 Å². The standard InChI is InChI=1S/2C10H8.C8H8O.C7H8O2S.C7H8O.5C7H8.C3H6O.C2H6O2S.6C2H6.6CH4O3S/c2*1-2-6-10-8-4-3-7-9(10)5-1;1-7(9)8-5-3-2-4-6-8;1-10(8,9)7-5-3-2-4-6-7;1-8-7-5-3-2-4-6-7;5*1-7-5-3-2-4-6-7;1-3(2)4;1-5(2,3)4;6*1-2;6*1-5(2,3)4/h2*1-8H;2-6H,1H3;2-6H,1H3;2-6H,1H3;5*2-6H,1H3;1-2H3;1-2H3;6*1-2H3;6*1H3,(H,2,3,4). The first-order valence-corrected chi connectivity index (χ1v) is 56.3. The van der Waals surface area contributed by atoms with Gasteiger partial charge in [-0.15, -0.1) is 0 Å². The van der Waals surface area contributed by atoms with E-state index in [1.165, 1.54) is 69.5 Å². The molecule has 0 radical (unpaired) electrons. The lowest BCUT2D eigenvalue weighted by atomic mass is 10.1. The van der Waals surface area contributed by atoms with Gasteiger partial charge in [0.15, 0.2) is 15.6 Å². The average molecular weight is 2010 g/mol. The Labute approximate surface area is 802 Å². The summed E-state index contributed by atoms with van der Waals surface area (Å²) in [6.45, 7) is 39.0. The van der Waals surface area contributed by atoms with Crippen molar-refractivity contribution in [2.75, 3.05) is 63.4 Å². The van der Waals surface area contributed by atoms with E-state index in [1.54, 1.807) is 44.4 Å². The lowest BCUT2D eigenvalue weighted by molar-refractivity contribution is -0.115. The Morgan fingerprint density at radius 2 is 0.331 bits per heavy atom. The lowest BCUT2D eigenvalue weighted by Crippen LogP contribution is -1.95. The molecular formula is C100H152O25S8. The molecular weight excluding hydrogens is 1860 g/mol. The average Bonchev–Trinajstić information content (AvgIpc) is 0.871. The molecule has 12 aromatic carbocycles. The topological polar surface area (TPSA) is 438 Å². The zero-order valence-electron chi connectivity index (χ0n) is 83.0. The Balaban J connectivity index is -0.000000116. The normalized spacial score (nSPS) is 9.29. The highest BCUT2D eigenvalue weighted by atomic mass is 32.2. The van der Waals surface area contributed by atoms with Gasteiger partial charge in [0.05, 0.1) is 49.5 Å². The van der Waals surface area contributed by atoms with Crippen LogP contribution in [0.15, 0.2) is 345 Å². The maximum atomic E-state index is 10.8. The van der Waals surface area contributed by atoms with E-state index in [4.69, 9.17) is 32.1 Å². The van der Waals surface area contributed by atoms with E-state index in [9.17, 15) is 76.9 Å². The Morgan fingerprint density at radius 1 is 0.218 bits per heavy atom. The summed E-state index contributed by atoms with van der Waals surface area (Å²) in [5.74, 6) is 1.20. The second-order valence-electron chi connectivity index (χ2n) is 24.9. The third-order valence-electron chi connectivity index (χ3n) is 11.4. The van der Waals surface area contributed by atoms with Crippen LogP contribution in [0.2, 0.25) is 0 Å². The van der Waals surface area contributed by atoms with E-state index >= 15 is 0 Å². The highest BCUT2D eigenvalue weighted by Crippen LogP contribution is 2.13. The van der Waals surface area contributed by atoms with Crippen molar-refractivity contribution in [2.45, 2.75) is 143 Å². The molecule has 0 aliphatic rings. The molecule has 0 bridgehead atoms.